The monoisotopic (exact) mass is 1090 g/mol. The van der Waals surface area contributed by atoms with Crippen molar-refractivity contribution in [1.29, 1.82) is 0 Å². The second kappa shape index (κ2) is 31.9. The molecule has 2 N–H and O–H groups in total. The third-order valence-corrected chi connectivity index (χ3v) is 15.1. The molecule has 0 aliphatic carbocycles. The number of ether oxygens (including phenoxy) is 5. The van der Waals surface area contributed by atoms with Crippen LogP contribution in [0.4, 0.5) is 4.39 Å². The number of nitrogens with zero attached hydrogens (tertiary/aromatic N) is 3. The molecule has 0 spiro atoms. The average molecular weight is 1090 g/mol. The van der Waals surface area contributed by atoms with Gasteiger partial charge in [-0.15, -0.1) is 0 Å². The van der Waals surface area contributed by atoms with Crippen molar-refractivity contribution in [3.05, 3.63) is 106 Å². The van der Waals surface area contributed by atoms with Crippen LogP contribution in [0.25, 0.3) is 4.85 Å². The summed E-state index contributed by atoms with van der Waals surface area (Å²) < 4.78 is 78.6. The van der Waals surface area contributed by atoms with E-state index in [9.17, 15) is 33.3 Å². The van der Waals surface area contributed by atoms with Gasteiger partial charge in [-0.05, 0) is 56.4 Å². The summed E-state index contributed by atoms with van der Waals surface area (Å²) in [5.41, 5.74) is -0.271. The molecule has 2 aromatic heterocycles. The molecular weight excluding hydrogens is 1010 g/mol. The van der Waals surface area contributed by atoms with Gasteiger partial charge in [-0.2, -0.15) is 0 Å². The first-order chi connectivity index (χ1) is 36.6. The van der Waals surface area contributed by atoms with Crippen molar-refractivity contribution >= 4 is 19.8 Å². The first-order valence-electron chi connectivity index (χ1n) is 27.1. The van der Waals surface area contributed by atoms with Crippen LogP contribution >= 0.6 is 7.82 Å². The molecule has 0 saturated carbocycles. The highest BCUT2D eigenvalue weighted by atomic mass is 31.2. The first-order valence-corrected chi connectivity index (χ1v) is 28.6. The molecule has 2 saturated heterocycles. The summed E-state index contributed by atoms with van der Waals surface area (Å²) in [5, 5.41) is 0. The van der Waals surface area contributed by atoms with Crippen molar-refractivity contribution in [2.45, 2.75) is 213 Å². The number of carbonyl (C=O) groups excluding carboxylic acids is 2. The molecule has 8 atom stereocenters. The third-order valence-electron chi connectivity index (χ3n) is 13.7. The fourth-order valence-electron chi connectivity index (χ4n) is 9.19. The van der Waals surface area contributed by atoms with Crippen LogP contribution in [0.5, 0.6) is 5.75 Å². The number of aryl methyl sites for hydroxylation is 2. The van der Waals surface area contributed by atoms with Crippen LogP contribution in [-0.4, -0.2) is 88.0 Å². The number of phosphoric ester groups is 1. The molecule has 0 bridgehead atoms. The van der Waals surface area contributed by atoms with Crippen molar-refractivity contribution in [3.8, 4) is 5.75 Å². The molecule has 3 unspecified atom stereocenters. The first kappa shape index (κ1) is 61.6. The van der Waals surface area contributed by atoms with Gasteiger partial charge >= 0.3 is 31.1 Å². The minimum Gasteiger partial charge on any atom is -0.493 e. The highest BCUT2D eigenvalue weighted by Gasteiger charge is 2.51. The zero-order chi connectivity index (χ0) is 55.0. The van der Waals surface area contributed by atoms with E-state index in [-0.39, 0.29) is 38.0 Å². The van der Waals surface area contributed by atoms with E-state index in [2.05, 4.69) is 16.8 Å². The molecule has 2 fully saturated rings. The molecule has 0 radical (unpaired) electrons. The van der Waals surface area contributed by atoms with Gasteiger partial charge < -0.3 is 28.5 Å². The Morgan fingerprint density at radius 3 is 2.05 bits per heavy atom. The lowest BCUT2D eigenvalue weighted by atomic mass is 10.0. The number of nitrogens with one attached hydrogen (secondary N) is 2. The van der Waals surface area contributed by atoms with E-state index < -0.39 is 105 Å². The van der Waals surface area contributed by atoms with Crippen LogP contribution in [0.1, 0.15) is 177 Å². The molecule has 0 amide bonds. The van der Waals surface area contributed by atoms with Gasteiger partial charge in [-0.25, -0.2) is 25.1 Å². The number of hydrogen-bond donors (Lipinski definition) is 2. The van der Waals surface area contributed by atoms with E-state index in [1.807, 2.05) is 31.0 Å². The maximum atomic E-state index is 16.2. The number of hydrogen-bond acceptors (Lipinski definition) is 15. The largest absolute Gasteiger partial charge is 0.493 e. The van der Waals surface area contributed by atoms with Crippen molar-refractivity contribution < 1.29 is 55.8 Å². The average Bonchev–Trinajstić information content (AvgIpc) is 3.94. The maximum absolute atomic E-state index is 16.2. The molecule has 4 heterocycles. The van der Waals surface area contributed by atoms with Gasteiger partial charge in [0.1, 0.15) is 43.5 Å². The molecule has 3 aromatic rings. The summed E-state index contributed by atoms with van der Waals surface area (Å²) in [6, 6.07) is 4.78. The lowest BCUT2D eigenvalue weighted by molar-refractivity contribution is -0.157. The van der Waals surface area contributed by atoms with Gasteiger partial charge in [-0.1, -0.05) is 116 Å². The predicted molar refractivity (Wildman–Crippen MR) is 281 cm³/mol. The number of unbranched alkanes of at least 4 members (excludes halogenated alkanes) is 15. The normalized spacial score (nSPS) is 21.0. The second-order valence-electron chi connectivity index (χ2n) is 19.7. The lowest BCUT2D eigenvalue weighted by Crippen LogP contribution is -2.36. The van der Waals surface area contributed by atoms with E-state index in [4.69, 9.17) is 43.8 Å². The summed E-state index contributed by atoms with van der Waals surface area (Å²) >= 11 is 0. The minimum absolute atomic E-state index is 0.0587. The Labute approximate surface area is 444 Å². The summed E-state index contributed by atoms with van der Waals surface area (Å²) in [7, 11) is -4.86. The molecule has 1 aromatic carbocycles. The predicted octanol–water partition coefficient (Wildman–Crippen LogP) is 9.47. The number of rotatable bonds is 35. The minimum atomic E-state index is -4.86. The highest BCUT2D eigenvalue weighted by Crippen LogP contribution is 2.54. The van der Waals surface area contributed by atoms with Crippen LogP contribution in [0, 0.1) is 27.3 Å². The number of aromatic amines is 2. The lowest BCUT2D eigenvalue weighted by Gasteiger charge is -2.26. The van der Waals surface area contributed by atoms with Gasteiger partial charge in [-0.3, -0.25) is 51.9 Å². The molecule has 5 rings (SSSR count). The Kier molecular flexibility index (Phi) is 25.8. The van der Waals surface area contributed by atoms with Crippen molar-refractivity contribution in [2.24, 2.45) is 0 Å². The number of phosphoric acid groups is 1. The Morgan fingerprint density at radius 2 is 1.42 bits per heavy atom. The van der Waals surface area contributed by atoms with Crippen LogP contribution in [0.15, 0.2) is 49.8 Å². The van der Waals surface area contributed by atoms with E-state index in [1.54, 1.807) is 6.92 Å². The van der Waals surface area contributed by atoms with Gasteiger partial charge in [0.15, 0.2) is 12.4 Å². The van der Waals surface area contributed by atoms with E-state index in [0.717, 1.165) is 56.7 Å². The van der Waals surface area contributed by atoms with Crippen molar-refractivity contribution in [3.63, 3.8) is 0 Å². The van der Waals surface area contributed by atoms with Crippen molar-refractivity contribution in [2.75, 3.05) is 26.4 Å². The fourth-order valence-corrected chi connectivity index (χ4v) is 10.6. The van der Waals surface area contributed by atoms with Gasteiger partial charge in [0.2, 0.25) is 6.54 Å². The summed E-state index contributed by atoms with van der Waals surface area (Å²) in [4.78, 5) is 83.1. The standard InChI is InChI=1S/C54H79FN5O15P/c1-7-9-10-11-12-13-14-15-16-17-18-19-20-21-22-23-29-68-42-32-40(31-37(3)39(42)5)35-69-47(62)24-25-48(63)73-43-33-46(60-34-38(4)51(64)58-54(60)66)72-44(43)36-71-76(67,70-30-27-56-6)75-50-41(8-2)74-52(49(50)55)59-28-26-45(61)57-53(59)65/h26,28,31-32,34,41,43-44,46,49-50,52H,7-25,27,29-30,33,35-36H2,1-5H3,(H,57,61,65)(H,58,64,66)/t41-,43-,44-,46?,49+,50+,52?,76?/m1/s1. The zero-order valence-electron chi connectivity index (χ0n) is 44.9. The Morgan fingerprint density at radius 1 is 0.789 bits per heavy atom. The Hall–Kier alpha value is -5.23. The van der Waals surface area contributed by atoms with E-state index in [1.165, 1.54) is 103 Å². The maximum Gasteiger partial charge on any atom is 0.475 e. The molecule has 2 aliphatic heterocycles. The third kappa shape index (κ3) is 19.3. The number of benzene rings is 1. The second-order valence-corrected chi connectivity index (χ2v) is 21.3. The van der Waals surface area contributed by atoms with E-state index >= 15 is 4.39 Å². The summed E-state index contributed by atoms with van der Waals surface area (Å²) in [6.45, 7) is 15.5. The number of halogens is 1. The van der Waals surface area contributed by atoms with Gasteiger partial charge in [0, 0.05) is 30.4 Å². The number of alkyl halides is 1. The highest BCUT2D eigenvalue weighted by molar-refractivity contribution is 7.48. The van der Waals surface area contributed by atoms with Crippen LogP contribution < -0.4 is 27.2 Å². The molecular formula is C54H79FN5O15P. The number of carbonyl (C=O) groups is 2. The summed E-state index contributed by atoms with van der Waals surface area (Å²) in [6.07, 6.45) is 12.0. The van der Waals surface area contributed by atoms with Crippen LogP contribution in [-0.2, 0) is 53.3 Å². The number of aromatic nitrogens is 4. The summed E-state index contributed by atoms with van der Waals surface area (Å²) in [5.74, 6) is -0.791. The van der Waals surface area contributed by atoms with Gasteiger partial charge in [0.05, 0.1) is 32.2 Å². The number of H-pyrrole nitrogens is 2. The van der Waals surface area contributed by atoms with E-state index in [0.29, 0.717) is 6.61 Å². The molecule has 20 nitrogen and oxygen atoms in total. The Bertz CT molecular complexity index is 2650. The fraction of sp³-hybridized carbons (Fsp3) is 0.685. The quantitative estimate of drug-likeness (QED) is 0.0241. The number of esters is 2. The molecule has 2 aliphatic rings. The van der Waals surface area contributed by atoms with Crippen molar-refractivity contribution in [1.82, 2.24) is 19.1 Å². The van der Waals surface area contributed by atoms with Crippen LogP contribution in [0.3, 0.4) is 0 Å². The SMILES string of the molecule is [C-]#[N+]CCOP(=O)(OC[C@H]1OC(n2cc(C)c(=O)[nH]c2=O)C[C@H]1OC(=O)CCC(=O)OCc1cc(C)c(C)c(OCCCCCCCCCCCCCCCCCC)c1)O[C@@H]1[C@H](F)C(n2ccc(=O)[nH]c2=O)O[C@@H]1CC. The zero-order valence-corrected chi connectivity index (χ0v) is 45.8. The molecule has 422 valence electrons. The molecule has 22 heteroatoms. The van der Waals surface area contributed by atoms with Crippen LogP contribution in [0.2, 0.25) is 0 Å². The topological polar surface area (TPSA) is 239 Å². The van der Waals surface area contributed by atoms with Gasteiger partial charge in [0.25, 0.3) is 11.1 Å². The smallest absolute Gasteiger partial charge is 0.475 e. The molecule has 76 heavy (non-hydrogen) atoms. The Balaban J connectivity index is 1.11.